The molecule has 20 heavy (non-hydrogen) atoms. The second kappa shape index (κ2) is 4.53. The summed E-state index contributed by atoms with van der Waals surface area (Å²) < 4.78 is 28.3. The van der Waals surface area contributed by atoms with Gasteiger partial charge in [0.05, 0.1) is 10.2 Å². The summed E-state index contributed by atoms with van der Waals surface area (Å²) in [4.78, 5) is 8.23. The number of hydrogen-bond donors (Lipinski definition) is 1. The molecule has 7 nitrogen and oxygen atoms in total. The fourth-order valence-electron chi connectivity index (χ4n) is 1.74. The number of nitrogens with zero attached hydrogens (tertiary/aromatic N) is 3. The average Bonchev–Trinajstić information content (AvgIpc) is 2.91. The summed E-state index contributed by atoms with van der Waals surface area (Å²) in [5.74, 6) is 0.177. The van der Waals surface area contributed by atoms with Crippen LogP contribution in [0.2, 0.25) is 0 Å². The first kappa shape index (κ1) is 13.0. The fraction of sp³-hybridized carbons (Fsp3) is 0.182. The molecule has 0 bridgehead atoms. The number of benzene rings is 1. The van der Waals surface area contributed by atoms with E-state index in [0.29, 0.717) is 10.7 Å². The summed E-state index contributed by atoms with van der Waals surface area (Å²) in [5, 5.41) is 4.15. The molecule has 2 N–H and O–H groups in total. The standard InChI is InChI=1S/C11H10N4O3S2/c1-20(16,17)5-9-14-10(18-15-9)6-2-3-7-8(4-6)19-11(12)13-7/h2-4H,5H2,1H3,(H2,12,13). The van der Waals surface area contributed by atoms with Gasteiger partial charge in [0, 0.05) is 11.8 Å². The molecule has 0 aliphatic carbocycles. The minimum Gasteiger partial charge on any atom is -0.375 e. The van der Waals surface area contributed by atoms with Gasteiger partial charge in [-0.1, -0.05) is 16.5 Å². The van der Waals surface area contributed by atoms with Crippen LogP contribution in [0.4, 0.5) is 5.13 Å². The Bertz CT molecular complexity index is 882. The maximum Gasteiger partial charge on any atom is 0.258 e. The molecule has 0 unspecified atom stereocenters. The van der Waals surface area contributed by atoms with Crippen LogP contribution in [0.1, 0.15) is 5.82 Å². The molecular weight excluding hydrogens is 300 g/mol. The summed E-state index contributed by atoms with van der Waals surface area (Å²) in [7, 11) is -3.19. The van der Waals surface area contributed by atoms with E-state index in [2.05, 4.69) is 15.1 Å². The van der Waals surface area contributed by atoms with Gasteiger partial charge in [-0.25, -0.2) is 13.4 Å². The minimum absolute atomic E-state index is 0.145. The molecule has 0 saturated heterocycles. The molecule has 3 aromatic rings. The number of sulfone groups is 1. The van der Waals surface area contributed by atoms with Crippen molar-refractivity contribution in [1.29, 1.82) is 0 Å². The van der Waals surface area contributed by atoms with Gasteiger partial charge in [-0.3, -0.25) is 0 Å². The Morgan fingerprint density at radius 2 is 2.15 bits per heavy atom. The van der Waals surface area contributed by atoms with Crippen LogP contribution in [-0.2, 0) is 15.6 Å². The van der Waals surface area contributed by atoms with E-state index in [1.807, 2.05) is 6.07 Å². The second-order valence-corrected chi connectivity index (χ2v) is 7.52. The molecule has 9 heteroatoms. The number of rotatable bonds is 3. The van der Waals surface area contributed by atoms with Crippen molar-refractivity contribution in [3.63, 3.8) is 0 Å². The highest BCUT2D eigenvalue weighted by Gasteiger charge is 2.14. The second-order valence-electron chi connectivity index (χ2n) is 4.32. The minimum atomic E-state index is -3.19. The highest BCUT2D eigenvalue weighted by Crippen LogP contribution is 2.28. The Morgan fingerprint density at radius 1 is 1.35 bits per heavy atom. The third kappa shape index (κ3) is 2.63. The smallest absolute Gasteiger partial charge is 0.258 e. The van der Waals surface area contributed by atoms with E-state index in [0.717, 1.165) is 16.5 Å². The van der Waals surface area contributed by atoms with E-state index >= 15 is 0 Å². The maximum atomic E-state index is 11.2. The zero-order valence-electron chi connectivity index (χ0n) is 10.4. The molecule has 104 valence electrons. The van der Waals surface area contributed by atoms with Gasteiger partial charge in [0.1, 0.15) is 5.75 Å². The highest BCUT2D eigenvalue weighted by molar-refractivity contribution is 7.89. The summed E-state index contributed by atoms with van der Waals surface area (Å²) in [6, 6.07) is 5.41. The summed E-state index contributed by atoms with van der Waals surface area (Å²) in [6.07, 6.45) is 1.12. The van der Waals surface area contributed by atoms with Crippen LogP contribution in [0, 0.1) is 0 Å². The maximum absolute atomic E-state index is 11.2. The van der Waals surface area contributed by atoms with Crippen LogP contribution >= 0.6 is 11.3 Å². The fourth-order valence-corrected chi connectivity index (χ4v) is 3.10. The van der Waals surface area contributed by atoms with Crippen LogP contribution in [0.5, 0.6) is 0 Å². The monoisotopic (exact) mass is 310 g/mol. The lowest BCUT2D eigenvalue weighted by molar-refractivity contribution is 0.424. The zero-order valence-corrected chi connectivity index (χ0v) is 12.0. The van der Waals surface area contributed by atoms with Crippen LogP contribution < -0.4 is 5.73 Å². The normalized spacial score (nSPS) is 12.1. The first-order chi connectivity index (χ1) is 9.40. The first-order valence-corrected chi connectivity index (χ1v) is 8.45. The van der Waals surface area contributed by atoms with Crippen molar-refractivity contribution in [3.8, 4) is 11.5 Å². The van der Waals surface area contributed by atoms with Gasteiger partial charge in [-0.2, -0.15) is 4.98 Å². The lowest BCUT2D eigenvalue weighted by atomic mass is 10.2. The Hall–Kier alpha value is -2.00. The predicted molar refractivity (Wildman–Crippen MR) is 75.9 cm³/mol. The molecule has 0 aliphatic heterocycles. The molecule has 0 atom stereocenters. The van der Waals surface area contributed by atoms with Gasteiger partial charge in [0.25, 0.3) is 5.89 Å². The topological polar surface area (TPSA) is 112 Å². The molecule has 1 aromatic carbocycles. The Labute approximate surface area is 118 Å². The van der Waals surface area contributed by atoms with Crippen molar-refractivity contribution < 1.29 is 12.9 Å². The highest BCUT2D eigenvalue weighted by atomic mass is 32.2. The quantitative estimate of drug-likeness (QED) is 0.779. The molecule has 0 radical (unpaired) electrons. The van der Waals surface area contributed by atoms with Gasteiger partial charge >= 0.3 is 0 Å². The van der Waals surface area contributed by atoms with Crippen molar-refractivity contribution in [3.05, 3.63) is 24.0 Å². The number of nitrogens with two attached hydrogens (primary N) is 1. The average molecular weight is 310 g/mol. The summed E-state index contributed by atoms with van der Waals surface area (Å²) in [5.41, 5.74) is 7.14. The Morgan fingerprint density at radius 3 is 2.90 bits per heavy atom. The van der Waals surface area contributed by atoms with Gasteiger partial charge in [0.15, 0.2) is 20.8 Å². The summed E-state index contributed by atoms with van der Waals surface area (Å²) in [6.45, 7) is 0. The predicted octanol–water partition coefficient (Wildman–Crippen LogP) is 1.47. The van der Waals surface area contributed by atoms with E-state index in [-0.39, 0.29) is 17.5 Å². The largest absolute Gasteiger partial charge is 0.375 e. The molecule has 0 spiro atoms. The third-order valence-corrected chi connectivity index (χ3v) is 4.14. The SMILES string of the molecule is CS(=O)(=O)Cc1noc(-c2ccc3nc(N)sc3c2)n1. The lowest BCUT2D eigenvalue weighted by Crippen LogP contribution is -2.02. The molecule has 0 amide bonds. The van der Waals surface area contributed by atoms with Crippen molar-refractivity contribution in [2.45, 2.75) is 5.75 Å². The third-order valence-electron chi connectivity index (χ3n) is 2.51. The van der Waals surface area contributed by atoms with Crippen molar-refractivity contribution in [1.82, 2.24) is 15.1 Å². The number of nitrogen functional groups attached to an aromatic ring is 1. The van der Waals surface area contributed by atoms with Crippen molar-refractivity contribution in [2.75, 3.05) is 12.0 Å². The van der Waals surface area contributed by atoms with Gasteiger partial charge < -0.3 is 10.3 Å². The van der Waals surface area contributed by atoms with Gasteiger partial charge in [-0.15, -0.1) is 0 Å². The van der Waals surface area contributed by atoms with Crippen LogP contribution in [-0.4, -0.2) is 29.8 Å². The Balaban J connectivity index is 1.98. The molecule has 2 heterocycles. The first-order valence-electron chi connectivity index (χ1n) is 5.57. The van der Waals surface area contributed by atoms with Crippen molar-refractivity contribution >= 4 is 36.5 Å². The molecular formula is C11H10N4O3S2. The van der Waals surface area contributed by atoms with Crippen LogP contribution in [0.25, 0.3) is 21.7 Å². The number of fused-ring (bicyclic) bond motifs is 1. The van der Waals surface area contributed by atoms with E-state index in [9.17, 15) is 8.42 Å². The molecule has 2 aromatic heterocycles. The lowest BCUT2D eigenvalue weighted by Gasteiger charge is -1.93. The van der Waals surface area contributed by atoms with E-state index in [4.69, 9.17) is 10.3 Å². The van der Waals surface area contributed by atoms with Gasteiger partial charge in [0.2, 0.25) is 0 Å². The Kier molecular flexibility index (Phi) is 2.94. The molecule has 3 rings (SSSR count). The van der Waals surface area contributed by atoms with Crippen LogP contribution in [0.3, 0.4) is 0 Å². The zero-order chi connectivity index (χ0) is 14.3. The summed E-state index contributed by atoms with van der Waals surface area (Å²) >= 11 is 1.36. The van der Waals surface area contributed by atoms with E-state index in [1.165, 1.54) is 11.3 Å². The number of thiazole rings is 1. The molecule has 0 fully saturated rings. The van der Waals surface area contributed by atoms with E-state index in [1.54, 1.807) is 12.1 Å². The van der Waals surface area contributed by atoms with E-state index < -0.39 is 9.84 Å². The molecule has 0 saturated carbocycles. The van der Waals surface area contributed by atoms with Gasteiger partial charge in [-0.05, 0) is 18.2 Å². The number of anilines is 1. The number of hydrogen-bond acceptors (Lipinski definition) is 8. The van der Waals surface area contributed by atoms with Crippen molar-refractivity contribution in [2.24, 2.45) is 0 Å². The van der Waals surface area contributed by atoms with Crippen LogP contribution in [0.15, 0.2) is 22.7 Å². The molecule has 0 aliphatic rings. The number of aromatic nitrogens is 3.